The SMILES string of the molecule is O=C(OCCCn1c(=O)[nH]c2ccccc21)c1ccc2c(c1)OCCO2. The molecule has 0 saturated heterocycles. The number of para-hydroxylation sites is 2. The van der Waals surface area contributed by atoms with Gasteiger partial charge in [0.25, 0.3) is 0 Å². The summed E-state index contributed by atoms with van der Waals surface area (Å²) in [5, 5.41) is 0. The Bertz CT molecular complexity index is 1000. The molecule has 0 bridgehead atoms. The molecule has 0 atom stereocenters. The Hall–Kier alpha value is -3.22. The van der Waals surface area contributed by atoms with Crippen molar-refractivity contribution in [1.29, 1.82) is 0 Å². The number of esters is 1. The number of benzene rings is 2. The Labute approximate surface area is 149 Å². The van der Waals surface area contributed by atoms with Crippen molar-refractivity contribution in [2.75, 3.05) is 19.8 Å². The summed E-state index contributed by atoms with van der Waals surface area (Å²) >= 11 is 0. The van der Waals surface area contributed by atoms with Gasteiger partial charge >= 0.3 is 11.7 Å². The highest BCUT2D eigenvalue weighted by Crippen LogP contribution is 2.30. The molecule has 7 nitrogen and oxygen atoms in total. The van der Waals surface area contributed by atoms with Crippen LogP contribution in [0, 0.1) is 0 Å². The fraction of sp³-hybridized carbons (Fsp3) is 0.263. The van der Waals surface area contributed by atoms with Crippen LogP contribution in [0.4, 0.5) is 0 Å². The summed E-state index contributed by atoms with van der Waals surface area (Å²) in [4.78, 5) is 27.0. The number of aryl methyl sites for hydroxylation is 1. The normalized spacial score (nSPS) is 12.9. The van der Waals surface area contributed by atoms with Crippen LogP contribution < -0.4 is 15.2 Å². The first-order chi connectivity index (χ1) is 12.7. The van der Waals surface area contributed by atoms with E-state index in [1.54, 1.807) is 22.8 Å². The standard InChI is InChI=1S/C19H18N2O5/c22-18(13-6-7-16-17(12-13)25-11-10-24-16)26-9-3-8-21-15-5-2-1-4-14(15)20-19(21)23/h1-2,4-7,12H,3,8-11H2,(H,20,23). The molecule has 7 heteroatoms. The summed E-state index contributed by atoms with van der Waals surface area (Å²) in [7, 11) is 0. The molecule has 0 spiro atoms. The molecule has 1 N–H and O–H groups in total. The number of fused-ring (bicyclic) bond motifs is 2. The number of nitrogens with one attached hydrogen (secondary N) is 1. The van der Waals surface area contributed by atoms with Gasteiger partial charge in [-0.1, -0.05) is 12.1 Å². The number of hydrogen-bond acceptors (Lipinski definition) is 5. The van der Waals surface area contributed by atoms with Gasteiger partial charge in [-0.3, -0.25) is 4.57 Å². The van der Waals surface area contributed by atoms with Gasteiger partial charge in [0.1, 0.15) is 13.2 Å². The predicted octanol–water partition coefficient (Wildman–Crippen LogP) is 2.35. The first-order valence-electron chi connectivity index (χ1n) is 8.47. The summed E-state index contributed by atoms with van der Waals surface area (Å²) in [6.07, 6.45) is 0.540. The lowest BCUT2D eigenvalue weighted by atomic mass is 10.2. The first-order valence-corrected chi connectivity index (χ1v) is 8.47. The molecule has 1 aromatic heterocycles. The maximum absolute atomic E-state index is 12.2. The molecule has 2 heterocycles. The van der Waals surface area contributed by atoms with Crippen LogP contribution in [-0.2, 0) is 11.3 Å². The highest BCUT2D eigenvalue weighted by atomic mass is 16.6. The van der Waals surface area contributed by atoms with Gasteiger partial charge in [-0.2, -0.15) is 0 Å². The number of aromatic nitrogens is 2. The molecule has 134 valence electrons. The van der Waals surface area contributed by atoms with E-state index in [1.807, 2.05) is 24.3 Å². The highest BCUT2D eigenvalue weighted by Gasteiger charge is 2.15. The number of aromatic amines is 1. The zero-order valence-electron chi connectivity index (χ0n) is 14.1. The van der Waals surface area contributed by atoms with Crippen LogP contribution >= 0.6 is 0 Å². The van der Waals surface area contributed by atoms with Gasteiger partial charge in [-0.25, -0.2) is 9.59 Å². The second kappa shape index (κ2) is 6.95. The van der Waals surface area contributed by atoms with E-state index < -0.39 is 5.97 Å². The number of carbonyl (C=O) groups is 1. The zero-order chi connectivity index (χ0) is 17.9. The number of nitrogens with zero attached hydrogens (tertiary/aromatic N) is 1. The van der Waals surface area contributed by atoms with Crippen LogP contribution in [0.1, 0.15) is 16.8 Å². The van der Waals surface area contributed by atoms with Gasteiger partial charge in [0, 0.05) is 6.54 Å². The lowest BCUT2D eigenvalue weighted by molar-refractivity contribution is 0.0495. The van der Waals surface area contributed by atoms with E-state index in [1.165, 1.54) is 0 Å². The summed E-state index contributed by atoms with van der Waals surface area (Å²) < 4.78 is 17.9. The number of H-pyrrole nitrogens is 1. The maximum atomic E-state index is 12.2. The van der Waals surface area contributed by atoms with Gasteiger partial charge in [0.15, 0.2) is 11.5 Å². The van der Waals surface area contributed by atoms with E-state index in [0.29, 0.717) is 43.2 Å². The summed E-state index contributed by atoms with van der Waals surface area (Å²) in [5.41, 5.74) is 1.89. The van der Waals surface area contributed by atoms with Gasteiger partial charge in [-0.15, -0.1) is 0 Å². The van der Waals surface area contributed by atoms with Crippen molar-refractivity contribution in [2.45, 2.75) is 13.0 Å². The third-order valence-corrected chi connectivity index (χ3v) is 4.22. The van der Waals surface area contributed by atoms with E-state index >= 15 is 0 Å². The first kappa shape index (κ1) is 16.3. The van der Waals surface area contributed by atoms with Crippen LogP contribution in [0.3, 0.4) is 0 Å². The molecular formula is C19H18N2O5. The molecular weight excluding hydrogens is 336 g/mol. The molecule has 4 rings (SSSR count). The van der Waals surface area contributed by atoms with Crippen molar-refractivity contribution < 1.29 is 19.0 Å². The number of hydrogen-bond donors (Lipinski definition) is 1. The van der Waals surface area contributed by atoms with E-state index in [4.69, 9.17) is 14.2 Å². The smallest absolute Gasteiger partial charge is 0.338 e. The quantitative estimate of drug-likeness (QED) is 0.562. The molecule has 0 radical (unpaired) electrons. The topological polar surface area (TPSA) is 82.6 Å². The minimum atomic E-state index is -0.423. The molecule has 2 aromatic carbocycles. The lowest BCUT2D eigenvalue weighted by Crippen LogP contribution is -2.18. The summed E-state index contributed by atoms with van der Waals surface area (Å²) in [6.45, 7) is 1.66. The molecule has 1 aliphatic rings. The number of imidazole rings is 1. The Morgan fingerprint density at radius 1 is 1.12 bits per heavy atom. The monoisotopic (exact) mass is 354 g/mol. The fourth-order valence-corrected chi connectivity index (χ4v) is 2.97. The summed E-state index contributed by atoms with van der Waals surface area (Å²) in [6, 6.07) is 12.5. The van der Waals surface area contributed by atoms with Crippen molar-refractivity contribution in [3.05, 3.63) is 58.5 Å². The van der Waals surface area contributed by atoms with Gasteiger partial charge < -0.3 is 19.2 Å². The Morgan fingerprint density at radius 3 is 2.81 bits per heavy atom. The van der Waals surface area contributed by atoms with Gasteiger partial charge in [0.2, 0.25) is 0 Å². The van der Waals surface area contributed by atoms with Crippen molar-refractivity contribution in [3.63, 3.8) is 0 Å². The van der Waals surface area contributed by atoms with Gasteiger partial charge in [-0.05, 0) is 36.8 Å². The molecule has 0 amide bonds. The second-order valence-electron chi connectivity index (χ2n) is 5.95. The third-order valence-electron chi connectivity index (χ3n) is 4.22. The van der Waals surface area contributed by atoms with Crippen LogP contribution in [0.5, 0.6) is 11.5 Å². The van der Waals surface area contributed by atoms with Crippen molar-refractivity contribution in [1.82, 2.24) is 9.55 Å². The fourth-order valence-electron chi connectivity index (χ4n) is 2.97. The largest absolute Gasteiger partial charge is 0.486 e. The average Bonchev–Trinajstić information content (AvgIpc) is 3.00. The van der Waals surface area contributed by atoms with E-state index in [0.717, 1.165) is 11.0 Å². The number of ether oxygens (including phenoxy) is 3. The van der Waals surface area contributed by atoms with Crippen molar-refractivity contribution in [3.8, 4) is 11.5 Å². The van der Waals surface area contributed by atoms with Crippen molar-refractivity contribution >= 4 is 17.0 Å². The molecule has 0 fully saturated rings. The molecule has 0 unspecified atom stereocenters. The van der Waals surface area contributed by atoms with Gasteiger partial charge in [0.05, 0.1) is 23.2 Å². The lowest BCUT2D eigenvalue weighted by Gasteiger charge is -2.18. The maximum Gasteiger partial charge on any atom is 0.338 e. The van der Waals surface area contributed by atoms with Crippen molar-refractivity contribution in [2.24, 2.45) is 0 Å². The molecule has 1 aliphatic heterocycles. The van der Waals surface area contributed by atoms with E-state index in [2.05, 4.69) is 4.98 Å². The summed E-state index contributed by atoms with van der Waals surface area (Å²) in [5.74, 6) is 0.760. The van der Waals surface area contributed by atoms with E-state index in [-0.39, 0.29) is 12.3 Å². The van der Waals surface area contributed by atoms with Crippen LogP contribution in [0.2, 0.25) is 0 Å². The Morgan fingerprint density at radius 2 is 1.92 bits per heavy atom. The molecule has 3 aromatic rings. The zero-order valence-corrected chi connectivity index (χ0v) is 14.1. The Kier molecular flexibility index (Phi) is 4.35. The molecule has 0 saturated carbocycles. The molecule has 26 heavy (non-hydrogen) atoms. The van der Waals surface area contributed by atoms with E-state index in [9.17, 15) is 9.59 Å². The van der Waals surface area contributed by atoms with Crippen LogP contribution in [0.25, 0.3) is 11.0 Å². The predicted molar refractivity (Wildman–Crippen MR) is 94.9 cm³/mol. The second-order valence-corrected chi connectivity index (χ2v) is 5.95. The minimum Gasteiger partial charge on any atom is -0.486 e. The Balaban J connectivity index is 1.35. The third kappa shape index (κ3) is 3.15. The molecule has 0 aliphatic carbocycles. The minimum absolute atomic E-state index is 0.163. The average molecular weight is 354 g/mol. The van der Waals surface area contributed by atoms with Crippen LogP contribution in [0.15, 0.2) is 47.3 Å². The highest BCUT2D eigenvalue weighted by molar-refractivity contribution is 5.90. The van der Waals surface area contributed by atoms with Crippen LogP contribution in [-0.4, -0.2) is 35.3 Å². The number of rotatable bonds is 5. The number of carbonyl (C=O) groups excluding carboxylic acids is 1.